The summed E-state index contributed by atoms with van der Waals surface area (Å²) in [5, 5.41) is 0. The van der Waals surface area contributed by atoms with E-state index in [0.29, 0.717) is 0 Å². The molecular formula is C6H9PS. The van der Waals surface area contributed by atoms with Gasteiger partial charge in [-0.25, -0.2) is 0 Å². The van der Waals surface area contributed by atoms with Gasteiger partial charge in [0.2, 0.25) is 0 Å². The molecule has 0 aromatic rings. The van der Waals surface area contributed by atoms with E-state index in [2.05, 4.69) is 30.7 Å². The van der Waals surface area contributed by atoms with E-state index < -0.39 is 6.04 Å². The molecule has 0 radical (unpaired) electrons. The second kappa shape index (κ2) is 2.16. The predicted molar refractivity (Wildman–Crippen MR) is 43.1 cm³/mol. The zero-order valence-electron chi connectivity index (χ0n) is 4.87. The van der Waals surface area contributed by atoms with Crippen LogP contribution in [0.3, 0.4) is 0 Å². The third-order valence-electron chi connectivity index (χ3n) is 1.28. The third kappa shape index (κ3) is 1.10. The van der Waals surface area contributed by atoms with Crippen molar-refractivity contribution in [3.8, 4) is 0 Å². The first-order valence-electron chi connectivity index (χ1n) is 2.72. The molecule has 0 aromatic carbocycles. The zero-order valence-corrected chi connectivity index (χ0v) is 6.58. The summed E-state index contributed by atoms with van der Waals surface area (Å²) < 4.78 is 0. The summed E-state index contributed by atoms with van der Waals surface area (Å²) >= 11 is 5.31. The molecule has 0 saturated heterocycles. The van der Waals surface area contributed by atoms with Crippen molar-refractivity contribution in [2.75, 3.05) is 6.16 Å². The van der Waals surface area contributed by atoms with Crippen molar-refractivity contribution < 1.29 is 0 Å². The minimum absolute atomic E-state index is 1.08. The first-order chi connectivity index (χ1) is 3.77. The monoisotopic (exact) mass is 144 g/mol. The summed E-state index contributed by atoms with van der Waals surface area (Å²) in [6, 6.07) is -1.08. The van der Waals surface area contributed by atoms with Crippen LogP contribution >= 0.6 is 6.04 Å². The van der Waals surface area contributed by atoms with Gasteiger partial charge in [-0.15, -0.1) is 0 Å². The van der Waals surface area contributed by atoms with E-state index in [0.717, 1.165) is 6.16 Å². The predicted octanol–water partition coefficient (Wildman–Crippen LogP) is 2.53. The van der Waals surface area contributed by atoms with Gasteiger partial charge < -0.3 is 0 Å². The smallest absolute Gasteiger partial charge is 0.00351 e. The molecule has 8 heavy (non-hydrogen) atoms. The lowest BCUT2D eigenvalue weighted by Crippen LogP contribution is -1.69. The largest absolute Gasteiger partial charge is 0.0888 e. The highest BCUT2D eigenvalue weighted by molar-refractivity contribution is 8.17. The molecule has 0 atom stereocenters. The summed E-state index contributed by atoms with van der Waals surface area (Å²) in [4.78, 5) is 0. The Morgan fingerprint density at radius 2 is 1.88 bits per heavy atom. The fourth-order valence-corrected chi connectivity index (χ4v) is 2.38. The van der Waals surface area contributed by atoms with Gasteiger partial charge in [-0.3, -0.25) is 0 Å². The molecule has 0 unspecified atom stereocenters. The van der Waals surface area contributed by atoms with E-state index in [9.17, 15) is 0 Å². The van der Waals surface area contributed by atoms with Gasteiger partial charge in [-0.2, -0.15) is 0 Å². The van der Waals surface area contributed by atoms with E-state index in [1.54, 1.807) is 0 Å². The van der Waals surface area contributed by atoms with Crippen LogP contribution < -0.4 is 0 Å². The molecule has 0 aromatic heterocycles. The van der Waals surface area contributed by atoms with Crippen LogP contribution in [0.25, 0.3) is 0 Å². The van der Waals surface area contributed by atoms with Gasteiger partial charge in [0, 0.05) is 0 Å². The van der Waals surface area contributed by atoms with Gasteiger partial charge in [-0.1, -0.05) is 30.9 Å². The van der Waals surface area contributed by atoms with E-state index in [1.165, 1.54) is 0 Å². The Bertz CT molecular complexity index is 163. The minimum atomic E-state index is -1.08. The quantitative estimate of drug-likeness (QED) is 0.509. The molecular weight excluding hydrogens is 135 g/mol. The molecule has 0 fully saturated rings. The average molecular weight is 144 g/mol. The molecule has 0 amide bonds. The number of allylic oxidation sites excluding steroid dienone is 2. The molecule has 1 heterocycles. The number of hydrogen-bond donors (Lipinski definition) is 0. The van der Waals surface area contributed by atoms with Crippen LogP contribution in [0, 0.1) is 0 Å². The van der Waals surface area contributed by atoms with Crippen LogP contribution in [0.2, 0.25) is 0 Å². The van der Waals surface area contributed by atoms with E-state index in [-0.39, 0.29) is 0 Å². The van der Waals surface area contributed by atoms with Crippen LogP contribution in [-0.4, -0.2) is 6.16 Å². The van der Waals surface area contributed by atoms with E-state index in [1.807, 2.05) is 0 Å². The van der Waals surface area contributed by atoms with Crippen LogP contribution in [0.4, 0.5) is 0 Å². The van der Waals surface area contributed by atoms with Crippen LogP contribution in [0.5, 0.6) is 0 Å². The summed E-state index contributed by atoms with van der Waals surface area (Å²) in [6.07, 6.45) is 5.25. The Morgan fingerprint density at radius 1 is 1.38 bits per heavy atom. The van der Waals surface area contributed by atoms with Crippen molar-refractivity contribution in [3.05, 3.63) is 23.8 Å². The molecule has 1 aliphatic rings. The SMILES string of the molecule is CCP1(=S)C=CC=C1. The van der Waals surface area contributed by atoms with Crippen LogP contribution in [0.15, 0.2) is 23.8 Å². The average Bonchev–Trinajstić information content (AvgIpc) is 2.17. The molecule has 2 heteroatoms. The number of hydrogen-bond acceptors (Lipinski definition) is 1. The fourth-order valence-electron chi connectivity index (χ4n) is 0.651. The van der Waals surface area contributed by atoms with E-state index in [4.69, 9.17) is 11.8 Å². The normalized spacial score (nSPS) is 22.1. The third-order valence-corrected chi connectivity index (χ3v) is 5.13. The summed E-state index contributed by atoms with van der Waals surface area (Å²) in [5.74, 6) is 4.34. The Hall–Kier alpha value is 0.130. The van der Waals surface area contributed by atoms with Gasteiger partial charge in [0.1, 0.15) is 0 Å². The van der Waals surface area contributed by atoms with Gasteiger partial charge in [0.05, 0.1) is 0 Å². The second-order valence-electron chi connectivity index (χ2n) is 1.85. The molecule has 44 valence electrons. The highest BCUT2D eigenvalue weighted by Crippen LogP contribution is 2.51. The first-order valence-corrected chi connectivity index (χ1v) is 5.85. The Morgan fingerprint density at radius 3 is 2.12 bits per heavy atom. The Labute approximate surface area is 55.3 Å². The van der Waals surface area contributed by atoms with Crippen molar-refractivity contribution in [1.82, 2.24) is 0 Å². The van der Waals surface area contributed by atoms with Gasteiger partial charge in [-0.05, 0) is 23.8 Å². The molecule has 1 aliphatic heterocycles. The van der Waals surface area contributed by atoms with Crippen molar-refractivity contribution in [1.29, 1.82) is 0 Å². The lowest BCUT2D eigenvalue weighted by Gasteiger charge is -2.03. The summed E-state index contributed by atoms with van der Waals surface area (Å²) in [7, 11) is 0. The number of rotatable bonds is 1. The van der Waals surface area contributed by atoms with Crippen LogP contribution in [-0.2, 0) is 11.8 Å². The highest BCUT2D eigenvalue weighted by atomic mass is 32.4. The summed E-state index contributed by atoms with van der Waals surface area (Å²) in [5.41, 5.74) is 0. The van der Waals surface area contributed by atoms with Crippen molar-refractivity contribution in [2.45, 2.75) is 6.92 Å². The second-order valence-corrected chi connectivity index (χ2v) is 6.83. The van der Waals surface area contributed by atoms with Crippen molar-refractivity contribution in [3.63, 3.8) is 0 Å². The lowest BCUT2D eigenvalue weighted by molar-refractivity contribution is 1.51. The van der Waals surface area contributed by atoms with Gasteiger partial charge in [0.15, 0.2) is 0 Å². The maximum absolute atomic E-state index is 5.31. The molecule has 0 spiro atoms. The minimum Gasteiger partial charge on any atom is -0.0888 e. The topological polar surface area (TPSA) is 0 Å². The standard InChI is InChI=1S/C6H9PS/c1-2-7(8)5-3-4-6-7/h3-6H,2H2,1H3. The molecule has 0 N–H and O–H groups in total. The lowest BCUT2D eigenvalue weighted by atomic mass is 10.6. The first kappa shape index (κ1) is 6.25. The summed E-state index contributed by atoms with van der Waals surface area (Å²) in [6.45, 7) is 2.15. The van der Waals surface area contributed by atoms with Gasteiger partial charge in [0.25, 0.3) is 0 Å². The molecule has 0 nitrogen and oxygen atoms in total. The highest BCUT2D eigenvalue weighted by Gasteiger charge is 2.06. The van der Waals surface area contributed by atoms with E-state index >= 15 is 0 Å². The van der Waals surface area contributed by atoms with Crippen LogP contribution in [0.1, 0.15) is 6.92 Å². The van der Waals surface area contributed by atoms with Gasteiger partial charge >= 0.3 is 0 Å². The zero-order chi connectivity index (χ0) is 6.04. The van der Waals surface area contributed by atoms with Crippen molar-refractivity contribution in [2.24, 2.45) is 0 Å². The molecule has 0 saturated carbocycles. The molecule has 1 rings (SSSR count). The van der Waals surface area contributed by atoms with Crippen molar-refractivity contribution >= 4 is 17.8 Å². The molecule has 0 bridgehead atoms. The maximum atomic E-state index is 5.31. The maximum Gasteiger partial charge on any atom is -0.00351 e. The Kier molecular flexibility index (Phi) is 1.69. The Balaban J connectivity index is 2.85. The molecule has 0 aliphatic carbocycles. The fraction of sp³-hybridized carbons (Fsp3) is 0.333.